The number of nitrogens with zero attached hydrogens (tertiary/aromatic N) is 2. The van der Waals surface area contributed by atoms with Crippen LogP contribution in [0, 0.1) is 5.92 Å². The minimum Gasteiger partial charge on any atom is -0.504 e. The van der Waals surface area contributed by atoms with Crippen molar-refractivity contribution in [2.45, 2.75) is 86.3 Å². The van der Waals surface area contributed by atoms with Crippen molar-refractivity contribution < 1.29 is 29.2 Å². The number of phenols is 1. The molecule has 9 atom stereocenters. The van der Waals surface area contributed by atoms with Gasteiger partial charge in [0.05, 0.1) is 0 Å². The summed E-state index contributed by atoms with van der Waals surface area (Å²) in [4.78, 5) is 18.6. The number of hydrogen-bond acceptors (Lipinski definition) is 8. The molecule has 4 bridgehead atoms. The Morgan fingerprint density at radius 2 is 1.90 bits per heavy atom. The smallest absolute Gasteiger partial charge is 0.317 e. The maximum Gasteiger partial charge on any atom is 0.317 e. The lowest BCUT2D eigenvalue weighted by Gasteiger charge is -2.56. The number of aliphatic hydroxyl groups is 1. The summed E-state index contributed by atoms with van der Waals surface area (Å²) in [7, 11) is 4.34. The molecule has 4 heterocycles. The average Bonchev–Trinajstić information content (AvgIpc) is 3.42. The molecule has 42 heavy (non-hydrogen) atoms. The Kier molecular flexibility index (Phi) is 6.15. The summed E-state index contributed by atoms with van der Waals surface area (Å²) in [6.07, 6.45) is 8.44. The molecule has 2 aliphatic carbocycles. The average molecular weight is 573 g/mol. The fraction of sp³-hybridized carbons (Fsp3) is 0.559. The monoisotopic (exact) mass is 572 g/mol. The molecule has 3 fully saturated rings. The van der Waals surface area contributed by atoms with Crippen LogP contribution in [0.15, 0.2) is 48.6 Å². The molecular weight excluding hydrogens is 532 g/mol. The fourth-order valence-electron chi connectivity index (χ4n) is 9.28. The second kappa shape index (κ2) is 9.73. The van der Waals surface area contributed by atoms with Crippen LogP contribution < -0.4 is 9.47 Å². The molecule has 8 nitrogen and oxygen atoms in total. The van der Waals surface area contributed by atoms with Crippen LogP contribution in [-0.4, -0.2) is 89.7 Å². The number of rotatable bonds is 6. The first-order valence-corrected chi connectivity index (χ1v) is 15.6. The van der Waals surface area contributed by atoms with Crippen LogP contribution in [0.3, 0.4) is 0 Å². The van der Waals surface area contributed by atoms with Gasteiger partial charge in [-0.25, -0.2) is 0 Å². The number of piperidine rings is 2. The zero-order valence-corrected chi connectivity index (χ0v) is 24.3. The van der Waals surface area contributed by atoms with Crippen LogP contribution in [0.4, 0.5) is 0 Å². The molecule has 8 heteroatoms. The van der Waals surface area contributed by atoms with Crippen molar-refractivity contribution >= 4 is 5.97 Å². The first kappa shape index (κ1) is 26.5. The number of hydrogen-bond donors (Lipinski definition) is 2. The van der Waals surface area contributed by atoms with E-state index < -0.39 is 23.5 Å². The maximum atomic E-state index is 13.8. The van der Waals surface area contributed by atoms with Crippen molar-refractivity contribution in [3.8, 4) is 17.2 Å². The number of aromatic hydroxyl groups is 1. The van der Waals surface area contributed by atoms with E-state index in [4.69, 9.17) is 14.2 Å². The normalized spacial score (nSPS) is 36.7. The van der Waals surface area contributed by atoms with Gasteiger partial charge in [0, 0.05) is 46.7 Å². The van der Waals surface area contributed by atoms with Gasteiger partial charge < -0.3 is 34.2 Å². The Balaban J connectivity index is 1.11. The van der Waals surface area contributed by atoms with E-state index in [1.54, 1.807) is 6.07 Å². The summed E-state index contributed by atoms with van der Waals surface area (Å²) in [5.41, 5.74) is 2.46. The van der Waals surface area contributed by atoms with Crippen LogP contribution in [0.5, 0.6) is 17.2 Å². The van der Waals surface area contributed by atoms with Crippen molar-refractivity contribution in [2.75, 3.05) is 27.2 Å². The molecule has 0 saturated carbocycles. The number of carbonyl (C=O) groups is 1. The lowest BCUT2D eigenvalue weighted by molar-refractivity contribution is -0.155. The zero-order valence-electron chi connectivity index (χ0n) is 24.3. The third-order valence-electron chi connectivity index (χ3n) is 11.5. The Hall–Kier alpha value is -3.07. The van der Waals surface area contributed by atoms with E-state index in [1.807, 2.05) is 36.4 Å². The van der Waals surface area contributed by atoms with Crippen LogP contribution >= 0.6 is 0 Å². The second-order valence-electron chi connectivity index (χ2n) is 13.4. The minimum atomic E-state index is -0.737. The van der Waals surface area contributed by atoms with Crippen LogP contribution in [0.2, 0.25) is 0 Å². The third-order valence-corrected chi connectivity index (χ3v) is 11.5. The first-order valence-electron chi connectivity index (χ1n) is 15.6. The van der Waals surface area contributed by atoms with Crippen molar-refractivity contribution in [2.24, 2.45) is 5.92 Å². The van der Waals surface area contributed by atoms with E-state index in [1.165, 1.54) is 12.8 Å². The molecule has 3 saturated heterocycles. The molecule has 2 aromatic carbocycles. The number of likely N-dealkylation sites (N-methyl/N-ethyl adjacent to an activating group) is 1. The zero-order chi connectivity index (χ0) is 28.7. The molecule has 6 aliphatic rings. The predicted octanol–water partition coefficient (Wildman–Crippen LogP) is 3.53. The van der Waals surface area contributed by atoms with Gasteiger partial charge in [-0.2, -0.15) is 0 Å². The summed E-state index contributed by atoms with van der Waals surface area (Å²) in [5.74, 6) is 0.429. The van der Waals surface area contributed by atoms with Crippen LogP contribution in [-0.2, 0) is 21.4 Å². The summed E-state index contributed by atoms with van der Waals surface area (Å²) in [6.45, 7) is 1.00. The van der Waals surface area contributed by atoms with Gasteiger partial charge in [-0.1, -0.05) is 42.5 Å². The number of aliphatic hydroxyl groups excluding tert-OH is 1. The number of phenolic OH excluding ortho intramolecular Hbond substituents is 1. The third kappa shape index (κ3) is 3.81. The minimum absolute atomic E-state index is 0.0245. The number of likely N-dealkylation sites (tertiary alicyclic amines) is 1. The molecule has 2 aromatic rings. The Bertz CT molecular complexity index is 1410. The predicted molar refractivity (Wildman–Crippen MR) is 156 cm³/mol. The fourth-order valence-corrected chi connectivity index (χ4v) is 9.28. The Morgan fingerprint density at radius 3 is 2.67 bits per heavy atom. The molecule has 222 valence electrons. The van der Waals surface area contributed by atoms with Crippen LogP contribution in [0.25, 0.3) is 0 Å². The highest BCUT2D eigenvalue weighted by Gasteiger charge is 2.64. The summed E-state index contributed by atoms with van der Waals surface area (Å²) in [6, 6.07) is 12.6. The number of carbonyl (C=O) groups excluding carboxylic acids is 1. The molecule has 1 spiro atoms. The topological polar surface area (TPSA) is 91.7 Å². The van der Waals surface area contributed by atoms with Gasteiger partial charge in [0.2, 0.25) is 0 Å². The number of benzene rings is 2. The molecule has 0 radical (unpaired) electrons. The van der Waals surface area contributed by atoms with Gasteiger partial charge in [0.25, 0.3) is 0 Å². The largest absolute Gasteiger partial charge is 0.504 e. The summed E-state index contributed by atoms with van der Waals surface area (Å²) >= 11 is 0. The molecule has 0 aromatic heterocycles. The summed E-state index contributed by atoms with van der Waals surface area (Å²) < 4.78 is 19.1. The van der Waals surface area contributed by atoms with Gasteiger partial charge in [-0.3, -0.25) is 4.79 Å². The molecular formula is C34H40N2O6. The Morgan fingerprint density at radius 1 is 1.14 bits per heavy atom. The number of fused-ring (bicyclic) bond motifs is 2. The van der Waals surface area contributed by atoms with Crippen molar-refractivity contribution in [3.63, 3.8) is 0 Å². The van der Waals surface area contributed by atoms with Crippen molar-refractivity contribution in [1.82, 2.24) is 9.80 Å². The van der Waals surface area contributed by atoms with Gasteiger partial charge in [-0.15, -0.1) is 0 Å². The number of esters is 1. The van der Waals surface area contributed by atoms with E-state index in [-0.39, 0.29) is 36.4 Å². The van der Waals surface area contributed by atoms with Crippen molar-refractivity contribution in [1.29, 1.82) is 0 Å². The Labute approximate surface area is 246 Å². The highest BCUT2D eigenvalue weighted by Crippen LogP contribution is 2.64. The van der Waals surface area contributed by atoms with E-state index in [0.29, 0.717) is 23.6 Å². The van der Waals surface area contributed by atoms with Gasteiger partial charge in [0.1, 0.15) is 36.6 Å². The van der Waals surface area contributed by atoms with Gasteiger partial charge in [-0.05, 0) is 64.7 Å². The van der Waals surface area contributed by atoms with E-state index in [2.05, 4.69) is 30.0 Å². The van der Waals surface area contributed by atoms with Gasteiger partial charge >= 0.3 is 5.97 Å². The van der Waals surface area contributed by atoms with Gasteiger partial charge in [0.15, 0.2) is 11.5 Å². The molecule has 4 aliphatic heterocycles. The molecule has 1 unspecified atom stereocenters. The highest BCUT2D eigenvalue weighted by atomic mass is 16.5. The molecule has 2 N–H and O–H groups in total. The van der Waals surface area contributed by atoms with E-state index in [9.17, 15) is 15.0 Å². The summed E-state index contributed by atoms with van der Waals surface area (Å²) in [5, 5.41) is 22.2. The highest BCUT2D eigenvalue weighted by molar-refractivity contribution is 5.78. The lowest BCUT2D eigenvalue weighted by Crippen LogP contribution is -2.64. The second-order valence-corrected chi connectivity index (χ2v) is 13.4. The quantitative estimate of drug-likeness (QED) is 0.402. The number of ether oxygens (including phenoxy) is 3. The van der Waals surface area contributed by atoms with Crippen molar-refractivity contribution in [3.05, 3.63) is 65.2 Å². The van der Waals surface area contributed by atoms with E-state index in [0.717, 1.165) is 48.9 Å². The standard InChI is InChI=1S/C34H40N2O6/c1-35-13-12-34-25-10-11-27(37)32(34)42-31-28(38)17-29(23(30(31)34)16-26(25)35)40-18-24(19-6-4-3-5-7-19)33(39)41-22-14-20-8-9-21(15-22)36(20)2/h3-7,10-11,17,20-22,24-27,32,37-38H,8-9,12-16,18H2,1-2H3/t20-,21+,22+,24?,25-,26+,27-,32-,34-/m0/s1. The van der Waals surface area contributed by atoms with E-state index >= 15 is 0 Å². The van der Waals surface area contributed by atoms with Crippen LogP contribution in [0.1, 0.15) is 54.7 Å². The SMILES string of the molecule is CN1CC[C@]23c4c5c(OCC(C(=O)O[C@H]6C[C@H]7CC[C@@H](C6)N7C)c6ccccc6)cc(O)c4O[C@H]2[C@@H](O)C=C[C@H]3[C@H]1C5. The molecule has 8 rings (SSSR count). The molecule has 0 amide bonds. The lowest BCUT2D eigenvalue weighted by atomic mass is 9.53. The maximum absolute atomic E-state index is 13.8. The first-order chi connectivity index (χ1) is 20.3.